The highest BCUT2D eigenvalue weighted by molar-refractivity contribution is 7.89. The summed E-state index contributed by atoms with van der Waals surface area (Å²) in [6.07, 6.45) is 1.73. The van der Waals surface area contributed by atoms with Crippen LogP contribution in [0.4, 0.5) is 0 Å². The van der Waals surface area contributed by atoms with E-state index in [1.54, 1.807) is 0 Å². The first-order chi connectivity index (χ1) is 14.2. The number of carbonyl (C=O) groups is 1. The second-order valence-corrected chi connectivity index (χ2v) is 10.3. The highest BCUT2D eigenvalue weighted by Gasteiger charge is 2.23. The fraction of sp³-hybridized carbons (Fsp3) is 0.409. The van der Waals surface area contributed by atoms with Crippen LogP contribution in [0.15, 0.2) is 53.4 Å². The van der Waals surface area contributed by atoms with Crippen molar-refractivity contribution in [1.29, 1.82) is 0 Å². The Morgan fingerprint density at radius 1 is 1.20 bits per heavy atom. The van der Waals surface area contributed by atoms with Crippen molar-refractivity contribution in [1.82, 2.24) is 10.0 Å². The fourth-order valence-electron chi connectivity index (χ4n) is 3.29. The van der Waals surface area contributed by atoms with Gasteiger partial charge in [0.25, 0.3) is 5.91 Å². The number of amides is 1. The first-order valence-electron chi connectivity index (χ1n) is 9.93. The molecule has 1 fully saturated rings. The summed E-state index contributed by atoms with van der Waals surface area (Å²) < 4.78 is 32.9. The summed E-state index contributed by atoms with van der Waals surface area (Å²) in [4.78, 5) is 12.7. The zero-order valence-electron chi connectivity index (χ0n) is 17.2. The number of benzene rings is 2. The number of hydrogen-bond donors (Lipinski definition) is 2. The number of nitrogens with one attached hydrogen (secondary N) is 2. The van der Waals surface area contributed by atoms with Gasteiger partial charge in [0.15, 0.2) is 0 Å². The van der Waals surface area contributed by atoms with Gasteiger partial charge in [-0.15, -0.1) is 0 Å². The highest BCUT2D eigenvalue weighted by Crippen LogP contribution is 2.25. The van der Waals surface area contributed by atoms with E-state index in [1.165, 1.54) is 24.3 Å². The van der Waals surface area contributed by atoms with Gasteiger partial charge in [0.1, 0.15) is 0 Å². The van der Waals surface area contributed by atoms with Crippen molar-refractivity contribution in [2.45, 2.75) is 43.1 Å². The molecule has 1 heterocycles. The van der Waals surface area contributed by atoms with E-state index < -0.39 is 10.0 Å². The third kappa shape index (κ3) is 5.82. The van der Waals surface area contributed by atoms with Crippen molar-refractivity contribution in [2.24, 2.45) is 0 Å². The monoisotopic (exact) mass is 450 g/mol. The zero-order chi connectivity index (χ0) is 21.8. The molecular weight excluding hydrogens is 424 g/mol. The summed E-state index contributed by atoms with van der Waals surface area (Å²) in [5.74, 6) is -0.263. The molecule has 1 saturated heterocycles. The van der Waals surface area contributed by atoms with Crippen molar-refractivity contribution >= 4 is 27.5 Å². The maximum atomic E-state index is 12.5. The van der Waals surface area contributed by atoms with Gasteiger partial charge in [-0.1, -0.05) is 37.6 Å². The summed E-state index contributed by atoms with van der Waals surface area (Å²) >= 11 is 6.07. The third-order valence-electron chi connectivity index (χ3n) is 5.25. The van der Waals surface area contributed by atoms with E-state index in [1.807, 2.05) is 38.1 Å². The first-order valence-corrected chi connectivity index (χ1v) is 11.8. The summed E-state index contributed by atoms with van der Waals surface area (Å²) in [6, 6.07) is 13.5. The molecule has 2 aromatic rings. The van der Waals surface area contributed by atoms with Crippen LogP contribution in [0.3, 0.4) is 0 Å². The minimum atomic E-state index is -3.64. The molecule has 8 heteroatoms. The number of carbonyl (C=O) groups excluding carboxylic acids is 1. The molecule has 1 atom stereocenters. The lowest BCUT2D eigenvalue weighted by molar-refractivity contribution is 0.0945. The van der Waals surface area contributed by atoms with Crippen molar-refractivity contribution in [3.05, 3.63) is 64.7 Å². The van der Waals surface area contributed by atoms with E-state index in [4.69, 9.17) is 16.3 Å². The average molecular weight is 451 g/mol. The maximum Gasteiger partial charge on any atom is 0.251 e. The SMILES string of the molecule is CC(C)(CNC(=O)c1ccc(S(=O)(=O)NCC2CCCO2)cc1)c1cccc(Cl)c1. The van der Waals surface area contributed by atoms with E-state index in [0.717, 1.165) is 18.4 Å². The number of hydrogen-bond acceptors (Lipinski definition) is 4. The lowest BCUT2D eigenvalue weighted by Gasteiger charge is -2.26. The van der Waals surface area contributed by atoms with Crippen LogP contribution in [0.2, 0.25) is 5.02 Å². The van der Waals surface area contributed by atoms with Crippen LogP contribution >= 0.6 is 11.6 Å². The number of rotatable bonds is 8. The Hall–Kier alpha value is -1.93. The van der Waals surface area contributed by atoms with Crippen LogP contribution in [-0.4, -0.2) is 40.1 Å². The molecule has 0 spiro atoms. The molecule has 1 aliphatic heterocycles. The molecule has 0 aromatic heterocycles. The summed E-state index contributed by atoms with van der Waals surface area (Å²) in [7, 11) is -3.64. The van der Waals surface area contributed by atoms with Gasteiger partial charge in [0.05, 0.1) is 11.0 Å². The van der Waals surface area contributed by atoms with Gasteiger partial charge in [0, 0.05) is 35.7 Å². The molecule has 0 bridgehead atoms. The van der Waals surface area contributed by atoms with E-state index in [2.05, 4.69) is 10.0 Å². The van der Waals surface area contributed by atoms with Crippen LogP contribution < -0.4 is 10.0 Å². The standard InChI is InChI=1S/C22H27ClN2O4S/c1-22(2,17-5-3-6-18(23)13-17)15-24-21(26)16-8-10-20(11-9-16)30(27,28)25-14-19-7-4-12-29-19/h3,5-6,8-11,13,19,25H,4,7,12,14-15H2,1-2H3,(H,24,26). The van der Waals surface area contributed by atoms with Gasteiger partial charge in [-0.05, 0) is 54.8 Å². The highest BCUT2D eigenvalue weighted by atomic mass is 35.5. The molecular formula is C22H27ClN2O4S. The first kappa shape index (κ1) is 22.7. The number of ether oxygens (including phenoxy) is 1. The topological polar surface area (TPSA) is 84.5 Å². The Kier molecular flexibility index (Phi) is 7.18. The molecule has 2 N–H and O–H groups in total. The Balaban J connectivity index is 1.59. The largest absolute Gasteiger partial charge is 0.377 e. The summed E-state index contributed by atoms with van der Waals surface area (Å²) in [5, 5.41) is 3.56. The molecule has 162 valence electrons. The second kappa shape index (κ2) is 9.47. The van der Waals surface area contributed by atoms with E-state index in [9.17, 15) is 13.2 Å². The summed E-state index contributed by atoms with van der Waals surface area (Å²) in [6.45, 7) is 5.38. The van der Waals surface area contributed by atoms with Crippen LogP contribution in [0.5, 0.6) is 0 Å². The van der Waals surface area contributed by atoms with E-state index >= 15 is 0 Å². The average Bonchev–Trinajstić information content (AvgIpc) is 3.24. The zero-order valence-corrected chi connectivity index (χ0v) is 18.7. The molecule has 1 unspecified atom stereocenters. The Labute approximate surface area is 183 Å². The smallest absolute Gasteiger partial charge is 0.251 e. The molecule has 30 heavy (non-hydrogen) atoms. The minimum Gasteiger partial charge on any atom is -0.377 e. The molecule has 1 aliphatic rings. The van der Waals surface area contributed by atoms with Crippen molar-refractivity contribution < 1.29 is 17.9 Å². The Morgan fingerprint density at radius 3 is 2.57 bits per heavy atom. The molecule has 3 rings (SSSR count). The van der Waals surface area contributed by atoms with Gasteiger partial charge in [0.2, 0.25) is 10.0 Å². The summed E-state index contributed by atoms with van der Waals surface area (Å²) in [5.41, 5.74) is 1.11. The van der Waals surface area contributed by atoms with Gasteiger partial charge in [-0.25, -0.2) is 13.1 Å². The quantitative estimate of drug-likeness (QED) is 0.644. The van der Waals surface area contributed by atoms with Crippen LogP contribution in [-0.2, 0) is 20.2 Å². The van der Waals surface area contributed by atoms with E-state index in [0.29, 0.717) is 23.7 Å². The number of sulfonamides is 1. The lowest BCUT2D eigenvalue weighted by atomic mass is 9.84. The minimum absolute atomic E-state index is 0.0762. The molecule has 0 radical (unpaired) electrons. The van der Waals surface area contributed by atoms with Crippen molar-refractivity contribution in [3.63, 3.8) is 0 Å². The van der Waals surface area contributed by atoms with Gasteiger partial charge >= 0.3 is 0 Å². The van der Waals surface area contributed by atoms with Crippen molar-refractivity contribution in [2.75, 3.05) is 19.7 Å². The Bertz CT molecular complexity index is 984. The second-order valence-electron chi connectivity index (χ2n) is 8.09. The normalized spacial score (nSPS) is 17.1. The molecule has 0 aliphatic carbocycles. The van der Waals surface area contributed by atoms with Gasteiger partial charge in [-0.3, -0.25) is 4.79 Å². The molecule has 0 saturated carbocycles. The van der Waals surface area contributed by atoms with Crippen molar-refractivity contribution in [3.8, 4) is 0 Å². The van der Waals surface area contributed by atoms with Gasteiger partial charge < -0.3 is 10.1 Å². The Morgan fingerprint density at radius 2 is 1.93 bits per heavy atom. The molecule has 2 aromatic carbocycles. The predicted octanol–water partition coefficient (Wildman–Crippen LogP) is 3.50. The van der Waals surface area contributed by atoms with Crippen LogP contribution in [0, 0.1) is 0 Å². The van der Waals surface area contributed by atoms with Crippen LogP contribution in [0.1, 0.15) is 42.6 Å². The fourth-order valence-corrected chi connectivity index (χ4v) is 4.55. The lowest BCUT2D eigenvalue weighted by Crippen LogP contribution is -2.36. The van der Waals surface area contributed by atoms with Crippen LogP contribution in [0.25, 0.3) is 0 Å². The number of halogens is 1. The molecule has 6 nitrogen and oxygen atoms in total. The maximum absolute atomic E-state index is 12.5. The van der Waals surface area contributed by atoms with Gasteiger partial charge in [-0.2, -0.15) is 0 Å². The molecule has 1 amide bonds. The third-order valence-corrected chi connectivity index (χ3v) is 6.92. The van der Waals surface area contributed by atoms with E-state index in [-0.39, 0.29) is 28.9 Å². The predicted molar refractivity (Wildman–Crippen MR) is 117 cm³/mol.